The van der Waals surface area contributed by atoms with E-state index in [0.717, 1.165) is 6.07 Å². The third-order valence-corrected chi connectivity index (χ3v) is 4.42. The van der Waals surface area contributed by atoms with Crippen LogP contribution in [0.5, 0.6) is 0 Å². The molecule has 112 valence electrons. The van der Waals surface area contributed by atoms with Gasteiger partial charge in [0.1, 0.15) is 11.6 Å². The highest BCUT2D eigenvalue weighted by molar-refractivity contribution is 7.92. The molecule has 0 saturated heterocycles. The molecule has 0 saturated carbocycles. The summed E-state index contributed by atoms with van der Waals surface area (Å²) in [5.41, 5.74) is 0.362. The van der Waals surface area contributed by atoms with Crippen LogP contribution in [0.3, 0.4) is 0 Å². The van der Waals surface area contributed by atoms with Crippen LogP contribution >= 0.6 is 11.6 Å². The first-order valence-corrected chi connectivity index (χ1v) is 7.86. The molecule has 0 aliphatic rings. The largest absolute Gasteiger partial charge is 0.316 e. The third kappa shape index (κ3) is 3.69. The van der Waals surface area contributed by atoms with Crippen LogP contribution in [0.25, 0.3) is 0 Å². The van der Waals surface area contributed by atoms with Crippen molar-refractivity contribution in [3.63, 3.8) is 0 Å². The van der Waals surface area contributed by atoms with Gasteiger partial charge in [-0.05, 0) is 36.9 Å². The number of anilines is 1. The minimum atomic E-state index is -3.93. The van der Waals surface area contributed by atoms with E-state index in [2.05, 4.69) is 15.0 Å². The molecule has 0 unspecified atom stereocenters. The van der Waals surface area contributed by atoms with E-state index in [1.165, 1.54) is 18.3 Å². The van der Waals surface area contributed by atoms with E-state index in [-0.39, 0.29) is 22.3 Å². The number of sulfonamides is 1. The van der Waals surface area contributed by atoms with Gasteiger partial charge in [-0.2, -0.15) is 0 Å². The van der Waals surface area contributed by atoms with E-state index < -0.39 is 15.8 Å². The molecule has 1 aromatic carbocycles. The van der Waals surface area contributed by atoms with Gasteiger partial charge < -0.3 is 5.32 Å². The molecule has 2 N–H and O–H groups in total. The highest BCUT2D eigenvalue weighted by atomic mass is 35.5. The maximum Gasteiger partial charge on any atom is 0.263 e. The van der Waals surface area contributed by atoms with Crippen LogP contribution in [-0.2, 0) is 16.6 Å². The third-order valence-electron chi connectivity index (χ3n) is 2.66. The Bertz CT molecular complexity index is 739. The number of pyridine rings is 1. The number of rotatable bonds is 5. The smallest absolute Gasteiger partial charge is 0.263 e. The first-order valence-electron chi connectivity index (χ1n) is 6.00. The minimum Gasteiger partial charge on any atom is -0.316 e. The molecule has 8 heteroatoms. The number of nitrogens with zero attached hydrogens (tertiary/aromatic N) is 1. The number of hydrogen-bond acceptors (Lipinski definition) is 4. The molecule has 0 spiro atoms. The lowest BCUT2D eigenvalue weighted by atomic mass is 10.2. The maximum atomic E-state index is 13.8. The zero-order valence-corrected chi connectivity index (χ0v) is 12.7. The lowest BCUT2D eigenvalue weighted by molar-refractivity contribution is 0.593. The number of benzene rings is 1. The summed E-state index contributed by atoms with van der Waals surface area (Å²) in [5, 5.41) is 2.71. The molecule has 0 bridgehead atoms. The van der Waals surface area contributed by atoms with Crippen molar-refractivity contribution in [3.8, 4) is 0 Å². The van der Waals surface area contributed by atoms with Gasteiger partial charge in [0, 0.05) is 12.7 Å². The predicted octanol–water partition coefficient (Wildman–Crippen LogP) is 2.39. The second-order valence-corrected chi connectivity index (χ2v) is 6.29. The Balaban J connectivity index is 2.40. The van der Waals surface area contributed by atoms with Gasteiger partial charge in [0.15, 0.2) is 0 Å². The van der Waals surface area contributed by atoms with Crippen molar-refractivity contribution in [2.45, 2.75) is 11.4 Å². The molecule has 0 radical (unpaired) electrons. The normalized spacial score (nSPS) is 11.4. The van der Waals surface area contributed by atoms with Crippen LogP contribution < -0.4 is 10.0 Å². The number of hydrogen-bond donors (Lipinski definition) is 2. The first kappa shape index (κ1) is 15.7. The summed E-state index contributed by atoms with van der Waals surface area (Å²) in [6.07, 6.45) is 1.45. The molecular formula is C13H13ClFN3O2S. The van der Waals surface area contributed by atoms with Gasteiger partial charge in [0.25, 0.3) is 10.0 Å². The van der Waals surface area contributed by atoms with Crippen molar-refractivity contribution in [3.05, 3.63) is 52.9 Å². The second kappa shape index (κ2) is 6.38. The fraction of sp³-hybridized carbons (Fsp3) is 0.154. The summed E-state index contributed by atoms with van der Waals surface area (Å²) in [6.45, 7) is 0.253. The van der Waals surface area contributed by atoms with Crippen LogP contribution in [0.4, 0.5) is 10.2 Å². The van der Waals surface area contributed by atoms with Crippen LogP contribution in [-0.4, -0.2) is 20.4 Å². The molecule has 0 amide bonds. The van der Waals surface area contributed by atoms with Crippen LogP contribution in [0.1, 0.15) is 5.56 Å². The van der Waals surface area contributed by atoms with E-state index >= 15 is 0 Å². The Kier molecular flexibility index (Phi) is 4.76. The van der Waals surface area contributed by atoms with Crippen molar-refractivity contribution < 1.29 is 12.8 Å². The van der Waals surface area contributed by atoms with Crippen molar-refractivity contribution in [2.24, 2.45) is 0 Å². The van der Waals surface area contributed by atoms with Crippen molar-refractivity contribution >= 4 is 27.4 Å². The summed E-state index contributed by atoms with van der Waals surface area (Å²) in [6, 6.07) is 7.00. The Labute approximate surface area is 127 Å². The number of halogens is 2. The Morgan fingerprint density at radius 2 is 2.10 bits per heavy atom. The van der Waals surface area contributed by atoms with Crippen LogP contribution in [0.15, 0.2) is 41.4 Å². The van der Waals surface area contributed by atoms with Gasteiger partial charge >= 0.3 is 0 Å². The molecular weight excluding hydrogens is 317 g/mol. The number of nitrogens with one attached hydrogen (secondary N) is 2. The average molecular weight is 330 g/mol. The molecule has 0 aliphatic heterocycles. The highest BCUT2D eigenvalue weighted by Crippen LogP contribution is 2.25. The first-order chi connectivity index (χ1) is 9.94. The van der Waals surface area contributed by atoms with Gasteiger partial charge in [0.2, 0.25) is 0 Å². The van der Waals surface area contributed by atoms with Gasteiger partial charge in [-0.3, -0.25) is 4.72 Å². The van der Waals surface area contributed by atoms with E-state index in [0.29, 0.717) is 5.56 Å². The maximum absolute atomic E-state index is 13.8. The topological polar surface area (TPSA) is 71.1 Å². The van der Waals surface area contributed by atoms with Gasteiger partial charge in [-0.15, -0.1) is 0 Å². The molecule has 0 atom stereocenters. The monoisotopic (exact) mass is 329 g/mol. The molecule has 0 aliphatic carbocycles. The zero-order chi connectivity index (χ0) is 15.5. The second-order valence-electron chi connectivity index (χ2n) is 4.23. The quantitative estimate of drug-likeness (QED) is 0.883. The Morgan fingerprint density at radius 1 is 1.33 bits per heavy atom. The molecule has 2 rings (SSSR count). The lowest BCUT2D eigenvalue weighted by Gasteiger charge is -2.11. The van der Waals surface area contributed by atoms with Gasteiger partial charge in [0.05, 0.1) is 9.92 Å². The minimum absolute atomic E-state index is 0.0962. The molecule has 5 nitrogen and oxygen atoms in total. The summed E-state index contributed by atoms with van der Waals surface area (Å²) < 4.78 is 40.5. The molecule has 2 aromatic rings. The number of aromatic nitrogens is 1. The molecule has 1 heterocycles. The van der Waals surface area contributed by atoms with Crippen molar-refractivity contribution in [2.75, 3.05) is 11.8 Å². The van der Waals surface area contributed by atoms with E-state index in [9.17, 15) is 12.8 Å². The Morgan fingerprint density at radius 3 is 2.71 bits per heavy atom. The molecule has 0 fully saturated rings. The predicted molar refractivity (Wildman–Crippen MR) is 79.2 cm³/mol. The summed E-state index contributed by atoms with van der Waals surface area (Å²) in [4.78, 5) is 3.66. The molecule has 1 aromatic heterocycles. The average Bonchev–Trinajstić information content (AvgIpc) is 2.44. The Hall–Kier alpha value is -1.70. The summed E-state index contributed by atoms with van der Waals surface area (Å²) >= 11 is 5.81. The fourth-order valence-corrected chi connectivity index (χ4v) is 2.96. The van der Waals surface area contributed by atoms with Gasteiger partial charge in [-0.1, -0.05) is 17.7 Å². The summed E-state index contributed by atoms with van der Waals surface area (Å²) in [7, 11) is -2.28. The SMILES string of the molecule is CNCc1cc(S(=O)(=O)Nc2ccccn2)cc(F)c1Cl. The molecule has 21 heavy (non-hydrogen) atoms. The zero-order valence-electron chi connectivity index (χ0n) is 11.1. The lowest BCUT2D eigenvalue weighted by Crippen LogP contribution is -2.15. The highest BCUT2D eigenvalue weighted by Gasteiger charge is 2.19. The van der Waals surface area contributed by atoms with E-state index in [1.54, 1.807) is 19.2 Å². The van der Waals surface area contributed by atoms with Crippen LogP contribution in [0, 0.1) is 5.82 Å². The van der Waals surface area contributed by atoms with Crippen molar-refractivity contribution in [1.82, 2.24) is 10.3 Å². The fourth-order valence-electron chi connectivity index (χ4n) is 1.71. The summed E-state index contributed by atoms with van der Waals surface area (Å²) in [5.74, 6) is -0.631. The van der Waals surface area contributed by atoms with E-state index in [4.69, 9.17) is 11.6 Å². The van der Waals surface area contributed by atoms with Crippen LogP contribution in [0.2, 0.25) is 5.02 Å². The van der Waals surface area contributed by atoms with Gasteiger partial charge in [-0.25, -0.2) is 17.8 Å². The van der Waals surface area contributed by atoms with Crippen molar-refractivity contribution in [1.29, 1.82) is 0 Å². The van der Waals surface area contributed by atoms with E-state index in [1.807, 2.05) is 0 Å². The standard InChI is InChI=1S/C13H13ClFN3O2S/c1-16-8-9-6-10(7-11(15)13(9)14)21(19,20)18-12-4-2-3-5-17-12/h2-7,16H,8H2,1H3,(H,17,18).